The quantitative estimate of drug-likeness (QED) is 0.640. The lowest BCUT2D eigenvalue weighted by Crippen LogP contribution is -2.24. The van der Waals surface area contributed by atoms with Crippen LogP contribution >= 0.6 is 34.8 Å². The molecule has 3 nitrogen and oxygen atoms in total. The molecule has 1 aromatic carbocycles. The highest BCUT2D eigenvalue weighted by atomic mass is 35.5. The number of nitrogens with zero attached hydrogens (tertiary/aromatic N) is 1. The van der Waals surface area contributed by atoms with E-state index in [4.69, 9.17) is 40.5 Å². The molecule has 0 saturated heterocycles. The molecule has 88 valence electrons. The van der Waals surface area contributed by atoms with Crippen LogP contribution in [0.2, 0.25) is 15.1 Å². The molecule has 1 rings (SSSR count). The number of nitrogens with one attached hydrogen (secondary N) is 1. The first kappa shape index (κ1) is 13.4. The Morgan fingerprint density at radius 2 is 1.75 bits per heavy atom. The van der Waals surface area contributed by atoms with Gasteiger partial charge in [0.15, 0.2) is 5.96 Å². The standard InChI is InChI=1S/C10H12Cl3N3/c1-5(2)15-10(14)16-9-7(12)3-6(11)4-8(9)13/h3-5H,1-2H3,(H3,14,15,16). The lowest BCUT2D eigenvalue weighted by molar-refractivity contribution is 0.833. The van der Waals surface area contributed by atoms with Gasteiger partial charge in [0.1, 0.15) is 0 Å². The number of guanidine groups is 1. The van der Waals surface area contributed by atoms with Gasteiger partial charge in [-0.2, -0.15) is 0 Å². The van der Waals surface area contributed by atoms with E-state index in [-0.39, 0.29) is 12.0 Å². The van der Waals surface area contributed by atoms with Gasteiger partial charge in [-0.25, -0.2) is 0 Å². The van der Waals surface area contributed by atoms with Gasteiger partial charge in [0.25, 0.3) is 0 Å². The van der Waals surface area contributed by atoms with Crippen molar-refractivity contribution in [3.8, 4) is 0 Å². The summed E-state index contributed by atoms with van der Waals surface area (Å²) in [5.74, 6) is 0.265. The minimum Gasteiger partial charge on any atom is -0.370 e. The van der Waals surface area contributed by atoms with Crippen LogP contribution in [0.3, 0.4) is 0 Å². The van der Waals surface area contributed by atoms with Crippen LogP contribution in [0.5, 0.6) is 0 Å². The minimum absolute atomic E-state index is 0.0948. The van der Waals surface area contributed by atoms with Gasteiger partial charge in [0.2, 0.25) is 0 Å². The van der Waals surface area contributed by atoms with Crippen LogP contribution in [0.1, 0.15) is 13.8 Å². The van der Waals surface area contributed by atoms with E-state index in [1.165, 1.54) is 0 Å². The number of aliphatic imine (C=N–C) groups is 1. The van der Waals surface area contributed by atoms with Gasteiger partial charge in [-0.15, -0.1) is 0 Å². The van der Waals surface area contributed by atoms with Crippen molar-refractivity contribution in [1.29, 1.82) is 0 Å². The number of hydrogen-bond donors (Lipinski definition) is 2. The zero-order valence-corrected chi connectivity index (χ0v) is 11.2. The summed E-state index contributed by atoms with van der Waals surface area (Å²) >= 11 is 17.7. The van der Waals surface area contributed by atoms with Crippen LogP contribution < -0.4 is 11.1 Å². The van der Waals surface area contributed by atoms with E-state index in [1.807, 2.05) is 13.8 Å². The van der Waals surface area contributed by atoms with Gasteiger partial charge in [-0.05, 0) is 26.0 Å². The van der Waals surface area contributed by atoms with E-state index in [0.29, 0.717) is 20.8 Å². The van der Waals surface area contributed by atoms with Crippen molar-refractivity contribution in [1.82, 2.24) is 0 Å². The second-order valence-corrected chi connectivity index (χ2v) is 4.73. The number of nitrogens with two attached hydrogens (primary N) is 1. The summed E-state index contributed by atoms with van der Waals surface area (Å²) in [7, 11) is 0. The van der Waals surface area contributed by atoms with Crippen LogP contribution in [0.15, 0.2) is 17.1 Å². The molecule has 0 amide bonds. The number of halogens is 3. The molecule has 0 aliphatic rings. The molecule has 0 aliphatic heterocycles. The minimum atomic E-state index is 0.0948. The molecule has 0 radical (unpaired) electrons. The van der Waals surface area contributed by atoms with E-state index in [2.05, 4.69) is 10.3 Å². The Kier molecular flexibility index (Phi) is 4.71. The van der Waals surface area contributed by atoms with Crippen molar-refractivity contribution in [2.45, 2.75) is 19.9 Å². The van der Waals surface area contributed by atoms with Crippen molar-refractivity contribution >= 4 is 46.4 Å². The zero-order valence-electron chi connectivity index (χ0n) is 8.89. The predicted molar refractivity (Wildman–Crippen MR) is 71.9 cm³/mol. The maximum Gasteiger partial charge on any atom is 0.193 e. The highest BCUT2D eigenvalue weighted by Crippen LogP contribution is 2.33. The van der Waals surface area contributed by atoms with E-state index < -0.39 is 0 Å². The molecule has 0 saturated carbocycles. The normalized spacial score (nSPS) is 12.0. The fourth-order valence-electron chi connectivity index (χ4n) is 1.10. The summed E-state index contributed by atoms with van der Waals surface area (Å²) in [5.41, 5.74) is 6.18. The Bertz CT molecular complexity index is 393. The van der Waals surface area contributed by atoms with Gasteiger partial charge in [0.05, 0.1) is 15.7 Å². The summed E-state index contributed by atoms with van der Waals surface area (Å²) < 4.78 is 0. The molecule has 0 bridgehead atoms. The zero-order chi connectivity index (χ0) is 12.3. The lowest BCUT2D eigenvalue weighted by Gasteiger charge is -2.10. The average Bonchev–Trinajstić information content (AvgIpc) is 2.09. The van der Waals surface area contributed by atoms with Crippen molar-refractivity contribution < 1.29 is 0 Å². The van der Waals surface area contributed by atoms with Gasteiger partial charge < -0.3 is 11.1 Å². The molecule has 0 fully saturated rings. The smallest absolute Gasteiger partial charge is 0.193 e. The topological polar surface area (TPSA) is 50.4 Å². The highest BCUT2D eigenvalue weighted by Gasteiger charge is 2.08. The fourth-order valence-corrected chi connectivity index (χ4v) is 2.01. The monoisotopic (exact) mass is 279 g/mol. The summed E-state index contributed by atoms with van der Waals surface area (Å²) in [6, 6.07) is 3.26. The average molecular weight is 281 g/mol. The Balaban J connectivity index is 2.98. The summed E-state index contributed by atoms with van der Waals surface area (Å²) in [5, 5.41) is 4.12. The van der Waals surface area contributed by atoms with E-state index >= 15 is 0 Å². The number of benzene rings is 1. The molecule has 0 aliphatic carbocycles. The molecular formula is C10H12Cl3N3. The van der Waals surface area contributed by atoms with Crippen molar-refractivity contribution in [2.75, 3.05) is 5.32 Å². The number of hydrogen-bond acceptors (Lipinski definition) is 1. The maximum atomic E-state index is 5.97. The van der Waals surface area contributed by atoms with Gasteiger partial charge in [-0.1, -0.05) is 34.8 Å². The summed E-state index contributed by atoms with van der Waals surface area (Å²) in [6.45, 7) is 3.83. The number of rotatable bonds is 2. The van der Waals surface area contributed by atoms with Gasteiger partial charge in [0, 0.05) is 11.1 Å². The van der Waals surface area contributed by atoms with E-state index in [0.717, 1.165) is 0 Å². The first-order valence-electron chi connectivity index (χ1n) is 4.65. The predicted octanol–water partition coefficient (Wildman–Crippen LogP) is 3.78. The molecule has 0 aromatic heterocycles. The second-order valence-electron chi connectivity index (χ2n) is 3.48. The third-order valence-corrected chi connectivity index (χ3v) is 2.47. The Hall–Kier alpha value is -0.640. The first-order valence-corrected chi connectivity index (χ1v) is 5.78. The van der Waals surface area contributed by atoms with Gasteiger partial charge >= 0.3 is 0 Å². The first-order chi connectivity index (χ1) is 7.40. The molecular weight excluding hydrogens is 268 g/mol. The van der Waals surface area contributed by atoms with Crippen molar-refractivity contribution in [2.24, 2.45) is 10.7 Å². The molecule has 3 N–H and O–H groups in total. The van der Waals surface area contributed by atoms with Crippen LogP contribution in [0.25, 0.3) is 0 Å². The van der Waals surface area contributed by atoms with Crippen LogP contribution in [0.4, 0.5) is 5.69 Å². The summed E-state index contributed by atoms with van der Waals surface area (Å²) in [6.07, 6.45) is 0. The molecule has 0 heterocycles. The molecule has 16 heavy (non-hydrogen) atoms. The van der Waals surface area contributed by atoms with Crippen molar-refractivity contribution in [3.05, 3.63) is 27.2 Å². The third kappa shape index (κ3) is 3.74. The van der Waals surface area contributed by atoms with Crippen LogP contribution in [-0.4, -0.2) is 12.0 Å². The summed E-state index contributed by atoms with van der Waals surface area (Å²) in [4.78, 5) is 4.11. The lowest BCUT2D eigenvalue weighted by atomic mass is 10.3. The van der Waals surface area contributed by atoms with Crippen LogP contribution in [0, 0.1) is 0 Å². The molecule has 6 heteroatoms. The Morgan fingerprint density at radius 3 is 2.19 bits per heavy atom. The Labute approximate surface area is 110 Å². The maximum absolute atomic E-state index is 5.97. The molecule has 1 aromatic rings. The number of anilines is 1. The largest absolute Gasteiger partial charge is 0.370 e. The SMILES string of the molecule is CC(C)N=C(N)Nc1c(Cl)cc(Cl)cc1Cl. The van der Waals surface area contributed by atoms with Crippen molar-refractivity contribution in [3.63, 3.8) is 0 Å². The van der Waals surface area contributed by atoms with Crippen LogP contribution in [-0.2, 0) is 0 Å². The highest BCUT2D eigenvalue weighted by molar-refractivity contribution is 6.42. The van der Waals surface area contributed by atoms with E-state index in [1.54, 1.807) is 12.1 Å². The third-order valence-electron chi connectivity index (χ3n) is 1.66. The fraction of sp³-hybridized carbons (Fsp3) is 0.300. The Morgan fingerprint density at radius 1 is 1.25 bits per heavy atom. The molecule has 0 atom stereocenters. The van der Waals surface area contributed by atoms with E-state index in [9.17, 15) is 0 Å². The second kappa shape index (κ2) is 5.62. The van der Waals surface area contributed by atoms with Gasteiger partial charge in [-0.3, -0.25) is 4.99 Å². The molecule has 0 unspecified atom stereocenters. The molecule has 0 spiro atoms.